The van der Waals surface area contributed by atoms with Gasteiger partial charge in [0.2, 0.25) is 0 Å². The van der Waals surface area contributed by atoms with Crippen LogP contribution in [0.4, 0.5) is 16.3 Å². The number of pyridine rings is 1. The van der Waals surface area contributed by atoms with Crippen LogP contribution in [0.5, 0.6) is 0 Å². The molecule has 7 heteroatoms. The smallest absolute Gasteiger partial charge is 0.320 e. The zero-order valence-electron chi connectivity index (χ0n) is 11.2. The predicted molar refractivity (Wildman–Crippen MR) is 75.6 cm³/mol. The molecule has 1 aliphatic rings. The minimum atomic E-state index is -0.260. The lowest BCUT2D eigenvalue weighted by Crippen LogP contribution is -2.33. The Hall–Kier alpha value is -2.57. The van der Waals surface area contributed by atoms with Crippen LogP contribution >= 0.6 is 0 Å². The molecule has 0 radical (unpaired) electrons. The second kappa shape index (κ2) is 5.20. The Labute approximate surface area is 116 Å². The van der Waals surface area contributed by atoms with Gasteiger partial charge in [0.15, 0.2) is 5.82 Å². The van der Waals surface area contributed by atoms with Crippen LogP contribution in [-0.4, -0.2) is 34.4 Å². The Bertz CT molecular complexity index is 609. The van der Waals surface area contributed by atoms with Crippen molar-refractivity contribution in [2.24, 2.45) is 0 Å². The van der Waals surface area contributed by atoms with E-state index in [1.807, 2.05) is 29.1 Å². The van der Waals surface area contributed by atoms with Crippen molar-refractivity contribution in [1.29, 1.82) is 0 Å². The molecule has 0 atom stereocenters. The SMILES string of the molecule is CNC(=O)Nc1cc2n(n1)CCN(c1cccnc1)C2. The first kappa shape index (κ1) is 12.5. The van der Waals surface area contributed by atoms with Crippen molar-refractivity contribution < 1.29 is 4.79 Å². The van der Waals surface area contributed by atoms with Gasteiger partial charge in [-0.3, -0.25) is 15.0 Å². The number of carbonyl (C=O) groups is 1. The topological polar surface area (TPSA) is 75.1 Å². The third-order valence-corrected chi connectivity index (χ3v) is 3.28. The molecule has 1 aliphatic heterocycles. The van der Waals surface area contributed by atoms with E-state index in [0.29, 0.717) is 5.82 Å². The summed E-state index contributed by atoms with van der Waals surface area (Å²) in [6.45, 7) is 2.42. The predicted octanol–water partition coefficient (Wildman–Crippen LogP) is 1.05. The van der Waals surface area contributed by atoms with Crippen molar-refractivity contribution >= 4 is 17.5 Å². The number of hydrogen-bond donors (Lipinski definition) is 2. The number of nitrogens with one attached hydrogen (secondary N) is 2. The highest BCUT2D eigenvalue weighted by atomic mass is 16.2. The minimum absolute atomic E-state index is 0.260. The molecule has 20 heavy (non-hydrogen) atoms. The van der Waals surface area contributed by atoms with Gasteiger partial charge in [-0.25, -0.2) is 4.79 Å². The van der Waals surface area contributed by atoms with Crippen LogP contribution in [0.1, 0.15) is 5.69 Å². The fourth-order valence-corrected chi connectivity index (χ4v) is 2.27. The monoisotopic (exact) mass is 272 g/mol. The fraction of sp³-hybridized carbons (Fsp3) is 0.308. The van der Waals surface area contributed by atoms with Crippen LogP contribution in [0, 0.1) is 0 Å². The number of urea groups is 1. The van der Waals surface area contributed by atoms with Crippen LogP contribution in [0.3, 0.4) is 0 Å². The van der Waals surface area contributed by atoms with Crippen molar-refractivity contribution in [3.63, 3.8) is 0 Å². The van der Waals surface area contributed by atoms with Crippen molar-refractivity contribution in [2.75, 3.05) is 23.8 Å². The summed E-state index contributed by atoms with van der Waals surface area (Å²) in [5.41, 5.74) is 2.17. The second-order valence-electron chi connectivity index (χ2n) is 4.58. The van der Waals surface area contributed by atoms with Crippen molar-refractivity contribution in [3.05, 3.63) is 36.3 Å². The number of aromatic nitrogens is 3. The van der Waals surface area contributed by atoms with E-state index < -0.39 is 0 Å². The Morgan fingerprint density at radius 3 is 3.05 bits per heavy atom. The molecule has 0 spiro atoms. The van der Waals surface area contributed by atoms with Crippen LogP contribution in [0.15, 0.2) is 30.6 Å². The van der Waals surface area contributed by atoms with Crippen LogP contribution in [0.2, 0.25) is 0 Å². The summed E-state index contributed by atoms with van der Waals surface area (Å²) >= 11 is 0. The quantitative estimate of drug-likeness (QED) is 0.857. The lowest BCUT2D eigenvalue weighted by molar-refractivity contribution is 0.254. The summed E-state index contributed by atoms with van der Waals surface area (Å²) in [7, 11) is 1.58. The molecular formula is C13H16N6O. The molecule has 2 amide bonds. The fourth-order valence-electron chi connectivity index (χ4n) is 2.27. The molecule has 0 saturated heterocycles. The van der Waals surface area contributed by atoms with Gasteiger partial charge < -0.3 is 10.2 Å². The number of carbonyl (C=O) groups excluding carboxylic acids is 1. The maximum absolute atomic E-state index is 11.3. The van der Waals surface area contributed by atoms with Gasteiger partial charge in [-0.1, -0.05) is 0 Å². The summed E-state index contributed by atoms with van der Waals surface area (Å²) in [6, 6.07) is 5.62. The van der Waals surface area contributed by atoms with Gasteiger partial charge in [0.1, 0.15) is 0 Å². The lowest BCUT2D eigenvalue weighted by atomic mass is 10.2. The zero-order chi connectivity index (χ0) is 13.9. The Balaban J connectivity index is 1.76. The molecule has 2 N–H and O–H groups in total. The molecule has 2 aromatic heterocycles. The standard InChI is InChI=1S/C13H16N6O/c1-14-13(20)16-12-7-11-9-18(5-6-19(11)17-12)10-3-2-4-15-8-10/h2-4,7-8H,5-6,9H2,1H3,(H2,14,16,17,20). The molecule has 3 rings (SSSR count). The molecule has 104 valence electrons. The van der Waals surface area contributed by atoms with Gasteiger partial charge in [0.25, 0.3) is 0 Å². The Morgan fingerprint density at radius 2 is 2.30 bits per heavy atom. The third kappa shape index (κ3) is 2.42. The third-order valence-electron chi connectivity index (χ3n) is 3.28. The molecule has 0 saturated carbocycles. The zero-order valence-corrected chi connectivity index (χ0v) is 11.2. The number of amides is 2. The van der Waals surface area contributed by atoms with E-state index in [9.17, 15) is 4.79 Å². The van der Waals surface area contributed by atoms with Crippen molar-refractivity contribution in [3.8, 4) is 0 Å². The van der Waals surface area contributed by atoms with Gasteiger partial charge in [0, 0.05) is 25.9 Å². The van der Waals surface area contributed by atoms with Crippen LogP contribution in [-0.2, 0) is 13.1 Å². The largest absolute Gasteiger partial charge is 0.363 e. The van der Waals surface area contributed by atoms with E-state index in [1.165, 1.54) is 0 Å². The highest BCUT2D eigenvalue weighted by Gasteiger charge is 2.19. The molecule has 2 aromatic rings. The molecule has 0 aromatic carbocycles. The summed E-state index contributed by atoms with van der Waals surface area (Å²) in [5, 5.41) is 9.57. The maximum atomic E-state index is 11.3. The molecule has 7 nitrogen and oxygen atoms in total. The second-order valence-corrected chi connectivity index (χ2v) is 4.58. The van der Waals surface area contributed by atoms with E-state index in [1.54, 1.807) is 13.2 Å². The van der Waals surface area contributed by atoms with E-state index in [0.717, 1.165) is 31.0 Å². The number of rotatable bonds is 2. The summed E-state index contributed by atoms with van der Waals surface area (Å²) in [6.07, 6.45) is 3.62. The van der Waals surface area contributed by atoms with E-state index in [4.69, 9.17) is 0 Å². The molecule has 0 aliphatic carbocycles. The van der Waals surface area contributed by atoms with Gasteiger partial charge in [-0.15, -0.1) is 0 Å². The Kier molecular flexibility index (Phi) is 3.24. The highest BCUT2D eigenvalue weighted by Crippen LogP contribution is 2.21. The minimum Gasteiger partial charge on any atom is -0.363 e. The Morgan fingerprint density at radius 1 is 1.40 bits per heavy atom. The number of hydrogen-bond acceptors (Lipinski definition) is 4. The van der Waals surface area contributed by atoms with Crippen molar-refractivity contribution in [1.82, 2.24) is 20.1 Å². The first-order valence-corrected chi connectivity index (χ1v) is 6.46. The summed E-state index contributed by atoms with van der Waals surface area (Å²) in [5.74, 6) is 0.576. The molecule has 0 fully saturated rings. The number of anilines is 2. The molecular weight excluding hydrogens is 256 g/mol. The van der Waals surface area contributed by atoms with Gasteiger partial charge in [0.05, 0.1) is 30.7 Å². The van der Waals surface area contributed by atoms with Crippen LogP contribution < -0.4 is 15.5 Å². The average Bonchev–Trinajstić information content (AvgIpc) is 2.89. The van der Waals surface area contributed by atoms with Crippen LogP contribution in [0.25, 0.3) is 0 Å². The molecule has 3 heterocycles. The normalized spacial score (nSPS) is 13.8. The maximum Gasteiger partial charge on any atom is 0.320 e. The summed E-state index contributed by atoms with van der Waals surface area (Å²) < 4.78 is 1.93. The van der Waals surface area contributed by atoms with Gasteiger partial charge in [-0.2, -0.15) is 5.10 Å². The number of fused-ring (bicyclic) bond motifs is 1. The number of nitrogens with zero attached hydrogens (tertiary/aromatic N) is 4. The lowest BCUT2D eigenvalue weighted by Gasteiger charge is -2.29. The highest BCUT2D eigenvalue weighted by molar-refractivity contribution is 5.87. The first-order valence-electron chi connectivity index (χ1n) is 6.46. The van der Waals surface area contributed by atoms with E-state index in [2.05, 4.69) is 25.6 Å². The van der Waals surface area contributed by atoms with E-state index >= 15 is 0 Å². The molecule has 0 unspecified atom stereocenters. The first-order chi connectivity index (χ1) is 9.76. The molecule has 0 bridgehead atoms. The van der Waals surface area contributed by atoms with Gasteiger partial charge >= 0.3 is 6.03 Å². The van der Waals surface area contributed by atoms with Crippen molar-refractivity contribution in [2.45, 2.75) is 13.1 Å². The average molecular weight is 272 g/mol. The summed E-state index contributed by atoms with van der Waals surface area (Å²) in [4.78, 5) is 17.7. The van der Waals surface area contributed by atoms with E-state index in [-0.39, 0.29) is 6.03 Å². The van der Waals surface area contributed by atoms with Gasteiger partial charge in [-0.05, 0) is 12.1 Å².